The lowest BCUT2D eigenvalue weighted by molar-refractivity contribution is -0.120. The lowest BCUT2D eigenvalue weighted by atomic mass is 10.0. The molecule has 0 saturated carbocycles. The van der Waals surface area contributed by atoms with E-state index in [1.54, 1.807) is 37.4 Å². The van der Waals surface area contributed by atoms with Crippen LogP contribution < -0.4 is 15.4 Å². The maximum atomic E-state index is 12.8. The van der Waals surface area contributed by atoms with Gasteiger partial charge in [0.05, 0.1) is 30.9 Å². The molecule has 1 aromatic heterocycles. The van der Waals surface area contributed by atoms with E-state index in [2.05, 4.69) is 10.6 Å². The van der Waals surface area contributed by atoms with E-state index in [9.17, 15) is 9.59 Å². The first kappa shape index (κ1) is 20.5. The summed E-state index contributed by atoms with van der Waals surface area (Å²) in [6.45, 7) is 1.43. The molecule has 3 aromatic rings. The Morgan fingerprint density at radius 1 is 1.10 bits per heavy atom. The molecule has 7 heteroatoms. The van der Waals surface area contributed by atoms with Crippen LogP contribution in [0.15, 0.2) is 67.0 Å². The van der Waals surface area contributed by atoms with Gasteiger partial charge in [-0.15, -0.1) is 0 Å². The van der Waals surface area contributed by atoms with Crippen molar-refractivity contribution in [3.63, 3.8) is 0 Å². The van der Waals surface area contributed by atoms with Crippen LogP contribution in [0.2, 0.25) is 5.02 Å². The molecule has 0 aliphatic rings. The number of hydrogen-bond donors (Lipinski definition) is 2. The number of rotatable bonds is 7. The molecule has 0 saturated heterocycles. The van der Waals surface area contributed by atoms with Gasteiger partial charge in [0, 0.05) is 24.3 Å². The number of methoxy groups -OCH3 is 1. The number of halogens is 1. The summed E-state index contributed by atoms with van der Waals surface area (Å²) in [7, 11) is 1.59. The average molecular weight is 412 g/mol. The first-order chi connectivity index (χ1) is 14.0. The van der Waals surface area contributed by atoms with Gasteiger partial charge in [-0.25, -0.2) is 0 Å². The minimum atomic E-state index is -0.458. The molecular formula is C22H22ClN3O3. The molecule has 2 amide bonds. The van der Waals surface area contributed by atoms with E-state index in [1.807, 2.05) is 41.2 Å². The molecule has 0 spiro atoms. The van der Waals surface area contributed by atoms with Crippen molar-refractivity contribution in [2.24, 2.45) is 0 Å². The van der Waals surface area contributed by atoms with Crippen molar-refractivity contribution in [3.05, 3.63) is 77.6 Å². The molecule has 2 N–H and O–H groups in total. The van der Waals surface area contributed by atoms with Gasteiger partial charge in [-0.1, -0.05) is 23.7 Å². The Labute approximate surface area is 174 Å². The van der Waals surface area contributed by atoms with Crippen molar-refractivity contribution >= 4 is 29.1 Å². The number of aromatic nitrogens is 1. The van der Waals surface area contributed by atoms with Gasteiger partial charge in [0.2, 0.25) is 11.8 Å². The highest BCUT2D eigenvalue weighted by atomic mass is 35.5. The zero-order valence-corrected chi connectivity index (χ0v) is 16.9. The molecule has 6 nitrogen and oxygen atoms in total. The highest BCUT2D eigenvalue weighted by molar-refractivity contribution is 6.30. The Hall–Kier alpha value is -3.25. The molecule has 1 heterocycles. The van der Waals surface area contributed by atoms with Crippen molar-refractivity contribution in [1.82, 2.24) is 9.88 Å². The highest BCUT2D eigenvalue weighted by Gasteiger charge is 2.18. The van der Waals surface area contributed by atoms with Gasteiger partial charge >= 0.3 is 0 Å². The molecule has 29 heavy (non-hydrogen) atoms. The number of hydrogen-bond acceptors (Lipinski definition) is 3. The summed E-state index contributed by atoms with van der Waals surface area (Å²) < 4.78 is 7.04. The van der Waals surface area contributed by atoms with Gasteiger partial charge in [0.25, 0.3) is 0 Å². The summed E-state index contributed by atoms with van der Waals surface area (Å²) in [6, 6.07) is 15.9. The van der Waals surface area contributed by atoms with Gasteiger partial charge in [-0.2, -0.15) is 0 Å². The van der Waals surface area contributed by atoms with Crippen LogP contribution in [0.25, 0.3) is 5.69 Å². The normalized spacial score (nSPS) is 11.6. The van der Waals surface area contributed by atoms with Crippen LogP contribution >= 0.6 is 11.6 Å². The van der Waals surface area contributed by atoms with E-state index in [0.29, 0.717) is 16.5 Å². The number of carbonyl (C=O) groups excluding carboxylic acids is 2. The van der Waals surface area contributed by atoms with Crippen LogP contribution in [0.3, 0.4) is 0 Å². The maximum absolute atomic E-state index is 12.8. The summed E-state index contributed by atoms with van der Waals surface area (Å²) in [6.07, 6.45) is 3.83. The Kier molecular flexibility index (Phi) is 6.57. The Bertz CT molecular complexity index is 985. The van der Waals surface area contributed by atoms with Crippen molar-refractivity contribution in [2.45, 2.75) is 19.4 Å². The van der Waals surface area contributed by atoms with Crippen LogP contribution in [-0.2, 0) is 9.59 Å². The van der Waals surface area contributed by atoms with Gasteiger partial charge < -0.3 is 19.9 Å². The Morgan fingerprint density at radius 3 is 2.41 bits per heavy atom. The van der Waals surface area contributed by atoms with Crippen LogP contribution in [0, 0.1) is 0 Å². The van der Waals surface area contributed by atoms with Gasteiger partial charge in [-0.05, 0) is 48.0 Å². The van der Waals surface area contributed by atoms with E-state index >= 15 is 0 Å². The lowest BCUT2D eigenvalue weighted by Gasteiger charge is -2.19. The van der Waals surface area contributed by atoms with Crippen molar-refractivity contribution in [2.75, 3.05) is 12.4 Å². The van der Waals surface area contributed by atoms with E-state index in [4.69, 9.17) is 16.3 Å². The Balaban J connectivity index is 1.79. The largest absolute Gasteiger partial charge is 0.497 e. The zero-order chi connectivity index (χ0) is 20.8. The molecule has 150 valence electrons. The SMILES string of the molecule is COc1ccc(C(CC(=O)Nc2ccc(Cl)cc2-n2cccc2)NC(C)=O)cc1. The molecule has 3 rings (SSSR count). The van der Waals surface area contributed by atoms with Crippen LogP contribution in [0.5, 0.6) is 5.75 Å². The molecule has 0 bridgehead atoms. The number of carbonyl (C=O) groups is 2. The van der Waals surface area contributed by atoms with E-state index in [-0.39, 0.29) is 18.2 Å². The second kappa shape index (κ2) is 9.30. The van der Waals surface area contributed by atoms with Crippen molar-refractivity contribution in [3.8, 4) is 11.4 Å². The van der Waals surface area contributed by atoms with E-state index in [1.165, 1.54) is 6.92 Å². The quantitative estimate of drug-likeness (QED) is 0.607. The number of nitrogens with one attached hydrogen (secondary N) is 2. The third-order valence-electron chi connectivity index (χ3n) is 4.40. The molecule has 0 aliphatic carbocycles. The smallest absolute Gasteiger partial charge is 0.226 e. The highest BCUT2D eigenvalue weighted by Crippen LogP contribution is 2.26. The average Bonchev–Trinajstić information content (AvgIpc) is 3.23. The summed E-state index contributed by atoms with van der Waals surface area (Å²) >= 11 is 6.13. The van der Waals surface area contributed by atoms with Crippen molar-refractivity contribution in [1.29, 1.82) is 0 Å². The molecular weight excluding hydrogens is 390 g/mol. The summed E-state index contributed by atoms with van der Waals surface area (Å²) in [5, 5.41) is 6.33. The predicted molar refractivity (Wildman–Crippen MR) is 114 cm³/mol. The minimum absolute atomic E-state index is 0.0830. The van der Waals surface area contributed by atoms with Crippen molar-refractivity contribution < 1.29 is 14.3 Å². The third-order valence-corrected chi connectivity index (χ3v) is 4.64. The fourth-order valence-electron chi connectivity index (χ4n) is 3.04. The number of benzene rings is 2. The zero-order valence-electron chi connectivity index (χ0n) is 16.2. The molecule has 0 fully saturated rings. The number of anilines is 1. The van der Waals surface area contributed by atoms with Gasteiger partial charge in [0.15, 0.2) is 0 Å². The van der Waals surface area contributed by atoms with E-state index < -0.39 is 6.04 Å². The van der Waals surface area contributed by atoms with Gasteiger partial charge in [-0.3, -0.25) is 9.59 Å². The van der Waals surface area contributed by atoms with Crippen LogP contribution in [0.4, 0.5) is 5.69 Å². The minimum Gasteiger partial charge on any atom is -0.497 e. The second-order valence-electron chi connectivity index (χ2n) is 6.53. The monoisotopic (exact) mass is 411 g/mol. The lowest BCUT2D eigenvalue weighted by Crippen LogP contribution is -2.29. The number of ether oxygens (including phenoxy) is 1. The molecule has 2 aromatic carbocycles. The molecule has 1 unspecified atom stereocenters. The summed E-state index contributed by atoms with van der Waals surface area (Å²) in [5.41, 5.74) is 2.21. The van der Waals surface area contributed by atoms with Gasteiger partial charge in [0.1, 0.15) is 5.75 Å². The standard InChI is InChI=1S/C22H22ClN3O3/c1-15(27)24-20(16-5-8-18(29-2)9-6-16)14-22(28)25-19-10-7-17(23)13-21(19)26-11-3-4-12-26/h3-13,20H,14H2,1-2H3,(H,24,27)(H,25,28). The summed E-state index contributed by atoms with van der Waals surface area (Å²) in [4.78, 5) is 24.4. The summed E-state index contributed by atoms with van der Waals surface area (Å²) in [5.74, 6) is 0.269. The first-order valence-electron chi connectivity index (χ1n) is 9.10. The topological polar surface area (TPSA) is 72.4 Å². The first-order valence-corrected chi connectivity index (χ1v) is 9.48. The fourth-order valence-corrected chi connectivity index (χ4v) is 3.21. The van der Waals surface area contributed by atoms with E-state index in [0.717, 1.165) is 11.3 Å². The predicted octanol–water partition coefficient (Wildman–Crippen LogP) is 4.35. The molecule has 1 atom stereocenters. The third kappa shape index (κ3) is 5.39. The Morgan fingerprint density at radius 2 is 1.79 bits per heavy atom. The maximum Gasteiger partial charge on any atom is 0.226 e. The number of nitrogens with zero attached hydrogens (tertiary/aromatic N) is 1. The number of amides is 2. The van der Waals surface area contributed by atoms with Crippen LogP contribution in [-0.4, -0.2) is 23.5 Å². The fraction of sp³-hybridized carbons (Fsp3) is 0.182. The molecule has 0 radical (unpaired) electrons. The molecule has 0 aliphatic heterocycles. The second-order valence-corrected chi connectivity index (χ2v) is 6.97. The van der Waals surface area contributed by atoms with Crippen LogP contribution in [0.1, 0.15) is 24.9 Å².